The van der Waals surface area contributed by atoms with Crippen molar-refractivity contribution >= 4 is 24.2 Å². The van der Waals surface area contributed by atoms with Crippen LogP contribution in [-0.4, -0.2) is 42.7 Å². The van der Waals surface area contributed by atoms with Crippen LogP contribution in [0, 0.1) is 11.3 Å². The fraction of sp³-hybridized carbons (Fsp3) is 1.00. The maximum absolute atomic E-state index is 10.1. The third-order valence-corrected chi connectivity index (χ3v) is 15.8. The van der Waals surface area contributed by atoms with Crippen LogP contribution >= 0.6 is 15.9 Å². The summed E-state index contributed by atoms with van der Waals surface area (Å²) in [6, 6.07) is 0. The van der Waals surface area contributed by atoms with Gasteiger partial charge in [-0.1, -0.05) is 78.2 Å². The Hall–Kier alpha value is 0.577. The predicted molar refractivity (Wildman–Crippen MR) is 136 cm³/mol. The molecule has 1 saturated carbocycles. The summed E-state index contributed by atoms with van der Waals surface area (Å²) in [6.45, 7) is 25.0. The van der Waals surface area contributed by atoms with Crippen LogP contribution in [0.3, 0.4) is 0 Å². The van der Waals surface area contributed by atoms with Gasteiger partial charge in [0.05, 0.1) is 24.4 Å². The van der Waals surface area contributed by atoms with Gasteiger partial charge < -0.3 is 14.3 Å². The lowest BCUT2D eigenvalue weighted by atomic mass is 9.75. The predicted octanol–water partition coefficient (Wildman–Crippen LogP) is 7.70. The Morgan fingerprint density at radius 3 is 1.73 bits per heavy atom. The van der Waals surface area contributed by atoms with Gasteiger partial charge in [0, 0.05) is 10.2 Å². The van der Waals surface area contributed by atoms with Gasteiger partial charge in [-0.05, 0) is 62.1 Å². The zero-order valence-corrected chi connectivity index (χ0v) is 24.3. The number of aliphatic hydroxyl groups excluding tert-OH is 1. The van der Waals surface area contributed by atoms with Crippen LogP contribution in [0.4, 0.5) is 0 Å². The van der Waals surface area contributed by atoms with Crippen molar-refractivity contribution in [3.63, 3.8) is 0 Å². The summed E-state index contributed by atoms with van der Waals surface area (Å²) in [5, 5.41) is 10.1. The van der Waals surface area contributed by atoms with Gasteiger partial charge in [-0.2, -0.15) is 0 Å². The molecule has 0 aromatic carbocycles. The normalized spacial score (nSPS) is 27.8. The van der Waals surface area contributed by atoms with Crippen molar-refractivity contribution in [1.82, 2.24) is 0 Å². The topological polar surface area (TPSA) is 38.7 Å². The molecule has 0 amide bonds. The van der Waals surface area contributed by atoms with Gasteiger partial charge in [0.15, 0.2) is 0 Å². The highest BCUT2D eigenvalue weighted by Crippen LogP contribution is 2.56. The number of halogens is 1. The van der Waals surface area contributed by atoms with E-state index >= 15 is 0 Å². The van der Waals surface area contributed by atoms with Crippen molar-refractivity contribution in [2.75, 3.05) is 0 Å². The molecule has 0 aliphatic heterocycles. The van der Waals surface area contributed by atoms with Gasteiger partial charge in [-0.25, -0.2) is 0 Å². The maximum Gasteiger partial charge on any atom is 0.200 e. The highest BCUT2D eigenvalue weighted by molar-refractivity contribution is 9.09. The highest BCUT2D eigenvalue weighted by Gasteiger charge is 2.59. The van der Waals surface area contributed by atoms with E-state index in [9.17, 15) is 5.11 Å². The minimum atomic E-state index is -2.03. The molecule has 1 N–H and O–H groups in total. The molecule has 3 nitrogen and oxygen atoms in total. The van der Waals surface area contributed by atoms with E-state index in [4.69, 9.17) is 9.16 Å². The van der Waals surface area contributed by atoms with E-state index in [1.54, 1.807) is 0 Å². The lowest BCUT2D eigenvalue weighted by Gasteiger charge is -2.50. The minimum absolute atomic E-state index is 0.00801. The fourth-order valence-corrected chi connectivity index (χ4v) is 12.5. The van der Waals surface area contributed by atoms with Crippen LogP contribution in [-0.2, 0) is 9.16 Å². The van der Waals surface area contributed by atoms with Crippen molar-refractivity contribution in [1.29, 1.82) is 0 Å². The average molecular weight is 508 g/mol. The summed E-state index contributed by atoms with van der Waals surface area (Å²) in [7, 11) is -2.03. The molecule has 0 aromatic heterocycles. The van der Waals surface area contributed by atoms with E-state index in [1.165, 1.54) is 0 Å². The zero-order chi connectivity index (χ0) is 23.4. The van der Waals surface area contributed by atoms with Crippen LogP contribution in [0.25, 0.3) is 0 Å². The van der Waals surface area contributed by atoms with Crippen molar-refractivity contribution in [3.05, 3.63) is 0 Å². The molecule has 0 heterocycles. The first-order valence-corrected chi connectivity index (χ1v) is 15.6. The molecular formula is C25H51BrO3Si. The number of ether oxygens (including phenoxy) is 1. The Morgan fingerprint density at radius 1 is 0.933 bits per heavy atom. The van der Waals surface area contributed by atoms with E-state index in [0.29, 0.717) is 27.4 Å². The Morgan fingerprint density at radius 2 is 1.40 bits per heavy atom. The molecule has 0 aromatic rings. The van der Waals surface area contributed by atoms with Gasteiger partial charge in [-0.3, -0.25) is 0 Å². The molecule has 1 aliphatic rings. The molecule has 5 heteroatoms. The van der Waals surface area contributed by atoms with Crippen LogP contribution in [0.5, 0.6) is 0 Å². The molecule has 0 radical (unpaired) electrons. The summed E-state index contributed by atoms with van der Waals surface area (Å²) in [5.74, 6) is 0.434. The van der Waals surface area contributed by atoms with E-state index in [1.807, 2.05) is 13.8 Å². The molecule has 1 fully saturated rings. The van der Waals surface area contributed by atoms with Crippen molar-refractivity contribution in [3.8, 4) is 0 Å². The smallest absolute Gasteiger partial charge is 0.200 e. The Bertz CT molecular complexity index is 483. The first kappa shape index (κ1) is 28.6. The van der Waals surface area contributed by atoms with Gasteiger partial charge in [-0.15, -0.1) is 0 Å². The number of hydrogen-bond donors (Lipinski definition) is 1. The second-order valence-corrected chi connectivity index (χ2v) is 17.3. The van der Waals surface area contributed by atoms with Crippen LogP contribution in [0.1, 0.15) is 102 Å². The van der Waals surface area contributed by atoms with E-state index in [2.05, 4.69) is 78.2 Å². The molecule has 180 valence electrons. The molecule has 0 saturated heterocycles. The monoisotopic (exact) mass is 506 g/mol. The van der Waals surface area contributed by atoms with Crippen molar-refractivity contribution in [2.45, 2.75) is 148 Å². The second kappa shape index (κ2) is 11.6. The summed E-state index contributed by atoms with van der Waals surface area (Å²) in [6.07, 6.45) is 3.88. The molecule has 1 rings (SSSR count). The van der Waals surface area contributed by atoms with Gasteiger partial charge >= 0.3 is 0 Å². The van der Waals surface area contributed by atoms with Crippen LogP contribution < -0.4 is 0 Å². The van der Waals surface area contributed by atoms with Crippen LogP contribution in [0.2, 0.25) is 16.6 Å². The zero-order valence-electron chi connectivity index (χ0n) is 21.7. The van der Waals surface area contributed by atoms with E-state index < -0.39 is 14.4 Å². The molecule has 0 bridgehead atoms. The highest BCUT2D eigenvalue weighted by atomic mass is 79.9. The molecule has 30 heavy (non-hydrogen) atoms. The summed E-state index contributed by atoms with van der Waals surface area (Å²) in [4.78, 5) is 0.425. The number of alkyl halides is 1. The van der Waals surface area contributed by atoms with Crippen LogP contribution in [0.15, 0.2) is 0 Å². The third kappa shape index (κ3) is 5.38. The van der Waals surface area contributed by atoms with Gasteiger partial charge in [0.1, 0.15) is 0 Å². The lowest BCUT2D eigenvalue weighted by molar-refractivity contribution is -0.120. The van der Waals surface area contributed by atoms with Gasteiger partial charge in [0.2, 0.25) is 8.32 Å². The largest absolute Gasteiger partial charge is 0.412 e. The quantitative estimate of drug-likeness (QED) is 0.217. The maximum atomic E-state index is 10.1. The second-order valence-electron chi connectivity index (χ2n) is 10.7. The van der Waals surface area contributed by atoms with E-state index in [0.717, 1.165) is 25.7 Å². The number of hydrogen-bond acceptors (Lipinski definition) is 3. The summed E-state index contributed by atoms with van der Waals surface area (Å²) in [5.41, 5.74) is 1.69. The number of rotatable bonds is 12. The van der Waals surface area contributed by atoms with Gasteiger partial charge in [0.25, 0.3) is 0 Å². The SMILES string of the molecule is CC[C@H](Br)[C@@H]1C[C@@H](O[C@H](C)[C@@H](C)O)C(CC)(CC)[C@H]1O[Si](C(C)C)(C(C)C)C(C)C. The van der Waals surface area contributed by atoms with Crippen molar-refractivity contribution in [2.24, 2.45) is 11.3 Å². The van der Waals surface area contributed by atoms with Crippen molar-refractivity contribution < 1.29 is 14.3 Å². The first-order valence-electron chi connectivity index (χ1n) is 12.5. The Kier molecular flexibility index (Phi) is 11.1. The molecular weight excluding hydrogens is 456 g/mol. The first-order chi connectivity index (χ1) is 13.8. The fourth-order valence-electron chi connectivity index (χ4n) is 6.36. The van der Waals surface area contributed by atoms with E-state index in [-0.39, 0.29) is 23.7 Å². The molecule has 1 aliphatic carbocycles. The Balaban J connectivity index is 3.53. The lowest BCUT2D eigenvalue weighted by Crippen LogP contribution is -2.55. The average Bonchev–Trinajstić information content (AvgIpc) is 2.97. The minimum Gasteiger partial charge on any atom is -0.412 e. The summed E-state index contributed by atoms with van der Waals surface area (Å²) >= 11 is 4.03. The Labute approximate surface area is 197 Å². The summed E-state index contributed by atoms with van der Waals surface area (Å²) < 4.78 is 14.1. The molecule has 6 atom stereocenters. The number of aliphatic hydroxyl groups is 1. The molecule has 0 spiro atoms. The molecule has 0 unspecified atom stereocenters. The third-order valence-electron chi connectivity index (χ3n) is 8.35. The standard InChI is InChI=1S/C25H51BrO3Si/c1-12-22(26)21-15-23(28-20(11)19(10)27)25(13-2,14-3)24(21)29-30(16(4)5,17(6)7)18(8)9/h16-24,27H,12-15H2,1-11H3/t19-,20-,21+,22+,23-,24+/m1/s1.